The first-order valence-electron chi connectivity index (χ1n) is 4.90. The Bertz CT molecular complexity index is 322. The highest BCUT2D eigenvalue weighted by Gasteiger charge is 2.11. The lowest BCUT2D eigenvalue weighted by molar-refractivity contribution is 0.156. The lowest BCUT2D eigenvalue weighted by Gasteiger charge is -2.18. The van der Waals surface area contributed by atoms with Crippen molar-refractivity contribution in [3.63, 3.8) is 0 Å². The van der Waals surface area contributed by atoms with Crippen LogP contribution in [-0.2, 0) is 6.42 Å². The van der Waals surface area contributed by atoms with Crippen molar-refractivity contribution in [2.75, 3.05) is 23.9 Å². The highest BCUT2D eigenvalue weighted by molar-refractivity contribution is 5.48. The molecule has 0 aliphatic rings. The number of aryl methyl sites for hydroxylation is 1. The summed E-state index contributed by atoms with van der Waals surface area (Å²) in [6.45, 7) is 1.51. The molecule has 90 valence electrons. The minimum atomic E-state index is -2.40. The maximum Gasteiger partial charge on any atom is 0.255 e. The summed E-state index contributed by atoms with van der Waals surface area (Å²) in [7, 11) is 1.55. The molecule has 0 radical (unpaired) electrons. The topological polar surface area (TPSA) is 67.1 Å². The molecule has 0 saturated heterocycles. The van der Waals surface area contributed by atoms with Crippen LogP contribution in [0.2, 0.25) is 0 Å². The number of hydrogen-bond donors (Lipinski definition) is 2. The molecule has 1 aromatic heterocycles. The van der Waals surface area contributed by atoms with Crippen LogP contribution in [0.4, 0.5) is 20.4 Å². The molecule has 0 saturated carbocycles. The second-order valence-electron chi connectivity index (χ2n) is 3.30. The summed E-state index contributed by atoms with van der Waals surface area (Å²) < 4.78 is 24.4. The fourth-order valence-electron chi connectivity index (χ4n) is 1.21. The van der Waals surface area contributed by atoms with Crippen LogP contribution in [0.1, 0.15) is 12.7 Å². The Morgan fingerprint density at radius 3 is 2.69 bits per heavy atom. The molecule has 5 nitrogen and oxygen atoms in total. The van der Waals surface area contributed by atoms with Crippen LogP contribution < -0.4 is 16.2 Å². The van der Waals surface area contributed by atoms with Gasteiger partial charge < -0.3 is 10.3 Å². The second kappa shape index (κ2) is 5.55. The van der Waals surface area contributed by atoms with E-state index in [4.69, 9.17) is 5.84 Å². The summed E-state index contributed by atoms with van der Waals surface area (Å²) in [6.07, 6.45) is -1.79. The third kappa shape index (κ3) is 3.27. The summed E-state index contributed by atoms with van der Waals surface area (Å²) in [4.78, 5) is 9.58. The highest BCUT2D eigenvalue weighted by Crippen LogP contribution is 2.15. The number of nitrogen functional groups attached to an aromatic ring is 1. The number of halogens is 2. The van der Waals surface area contributed by atoms with Crippen molar-refractivity contribution < 1.29 is 8.78 Å². The van der Waals surface area contributed by atoms with Crippen LogP contribution in [0.25, 0.3) is 0 Å². The Morgan fingerprint density at radius 1 is 1.50 bits per heavy atom. The summed E-state index contributed by atoms with van der Waals surface area (Å²) >= 11 is 0. The van der Waals surface area contributed by atoms with Crippen molar-refractivity contribution in [1.82, 2.24) is 9.97 Å². The smallest absolute Gasteiger partial charge is 0.255 e. The van der Waals surface area contributed by atoms with Crippen molar-refractivity contribution in [2.24, 2.45) is 5.84 Å². The van der Waals surface area contributed by atoms with Gasteiger partial charge in [-0.3, -0.25) is 0 Å². The second-order valence-corrected chi connectivity index (χ2v) is 3.30. The zero-order valence-electron chi connectivity index (χ0n) is 9.24. The third-order valence-electron chi connectivity index (χ3n) is 2.03. The number of hydrazine groups is 1. The lowest BCUT2D eigenvalue weighted by Crippen LogP contribution is -2.25. The van der Waals surface area contributed by atoms with E-state index in [2.05, 4.69) is 15.4 Å². The SMILES string of the molecule is CCc1nc(NN)cc(N(C)CC(F)F)n1. The standard InChI is InChI=1S/C9H15F2N5/c1-3-7-13-8(15-12)4-9(14-7)16(2)5-6(10)11/h4,6H,3,5,12H2,1-2H3,(H,13,14,15). The van der Waals surface area contributed by atoms with Gasteiger partial charge in [-0.1, -0.05) is 6.92 Å². The summed E-state index contributed by atoms with van der Waals surface area (Å²) in [5.41, 5.74) is 2.38. The molecule has 1 rings (SSSR count). The molecule has 0 spiro atoms. The van der Waals surface area contributed by atoms with Gasteiger partial charge >= 0.3 is 0 Å². The Morgan fingerprint density at radius 2 is 2.19 bits per heavy atom. The van der Waals surface area contributed by atoms with Crippen molar-refractivity contribution in [1.29, 1.82) is 0 Å². The Kier molecular flexibility index (Phi) is 4.36. The summed E-state index contributed by atoms with van der Waals surface area (Å²) in [6, 6.07) is 1.53. The Labute approximate surface area is 92.6 Å². The first-order valence-corrected chi connectivity index (χ1v) is 4.90. The predicted molar refractivity (Wildman–Crippen MR) is 58.5 cm³/mol. The van der Waals surface area contributed by atoms with Crippen molar-refractivity contribution in [3.05, 3.63) is 11.9 Å². The molecular weight excluding hydrogens is 216 g/mol. The van der Waals surface area contributed by atoms with Gasteiger partial charge in [-0.05, 0) is 0 Å². The average molecular weight is 231 g/mol. The van der Waals surface area contributed by atoms with Crippen LogP contribution >= 0.6 is 0 Å². The monoisotopic (exact) mass is 231 g/mol. The molecule has 0 fully saturated rings. The summed E-state index contributed by atoms with van der Waals surface area (Å²) in [5, 5.41) is 0. The molecule has 1 heterocycles. The fourth-order valence-corrected chi connectivity index (χ4v) is 1.21. The number of rotatable bonds is 5. The highest BCUT2D eigenvalue weighted by atomic mass is 19.3. The average Bonchev–Trinajstić information content (AvgIpc) is 2.27. The maximum atomic E-state index is 12.2. The van der Waals surface area contributed by atoms with Gasteiger partial charge in [0.2, 0.25) is 0 Å². The van der Waals surface area contributed by atoms with Crippen LogP contribution in [0.15, 0.2) is 6.07 Å². The number of nitrogens with one attached hydrogen (secondary N) is 1. The molecule has 0 unspecified atom stereocenters. The molecule has 7 heteroatoms. The number of nitrogens with two attached hydrogens (primary N) is 1. The van der Waals surface area contributed by atoms with Gasteiger partial charge in [0.15, 0.2) is 0 Å². The van der Waals surface area contributed by atoms with Gasteiger partial charge in [0.1, 0.15) is 17.5 Å². The molecule has 0 atom stereocenters. The van der Waals surface area contributed by atoms with Gasteiger partial charge in [0.05, 0.1) is 6.54 Å². The van der Waals surface area contributed by atoms with Gasteiger partial charge in [-0.25, -0.2) is 24.6 Å². The molecule has 3 N–H and O–H groups in total. The fraction of sp³-hybridized carbons (Fsp3) is 0.556. The van der Waals surface area contributed by atoms with E-state index in [0.717, 1.165) is 0 Å². The van der Waals surface area contributed by atoms with Crippen molar-refractivity contribution in [3.8, 4) is 0 Å². The Balaban J connectivity index is 2.93. The zero-order chi connectivity index (χ0) is 12.1. The van der Waals surface area contributed by atoms with Crippen LogP contribution in [0.3, 0.4) is 0 Å². The van der Waals surface area contributed by atoms with Gasteiger partial charge in [0, 0.05) is 19.5 Å². The van der Waals surface area contributed by atoms with E-state index >= 15 is 0 Å². The van der Waals surface area contributed by atoms with Crippen molar-refractivity contribution in [2.45, 2.75) is 19.8 Å². The molecule has 1 aromatic rings. The summed E-state index contributed by atoms with van der Waals surface area (Å²) in [5.74, 6) is 6.65. The molecule has 16 heavy (non-hydrogen) atoms. The van der Waals surface area contributed by atoms with Crippen LogP contribution in [0, 0.1) is 0 Å². The van der Waals surface area contributed by atoms with Gasteiger partial charge in [-0.15, -0.1) is 0 Å². The number of aromatic nitrogens is 2. The Hall–Kier alpha value is -1.50. The maximum absolute atomic E-state index is 12.2. The molecule has 0 aliphatic carbocycles. The molecule has 0 aliphatic heterocycles. The van der Waals surface area contributed by atoms with Crippen molar-refractivity contribution >= 4 is 11.6 Å². The van der Waals surface area contributed by atoms with Gasteiger partial charge in [-0.2, -0.15) is 0 Å². The first kappa shape index (κ1) is 12.6. The van der Waals surface area contributed by atoms with Gasteiger partial charge in [0.25, 0.3) is 6.43 Å². The van der Waals surface area contributed by atoms with E-state index in [9.17, 15) is 8.78 Å². The van der Waals surface area contributed by atoms with Crippen LogP contribution in [0.5, 0.6) is 0 Å². The van der Waals surface area contributed by atoms with E-state index in [1.807, 2.05) is 6.92 Å². The number of hydrogen-bond acceptors (Lipinski definition) is 5. The molecule has 0 bridgehead atoms. The first-order chi connectivity index (χ1) is 7.56. The zero-order valence-corrected chi connectivity index (χ0v) is 9.24. The third-order valence-corrected chi connectivity index (χ3v) is 2.03. The molecule has 0 aromatic carbocycles. The van der Waals surface area contributed by atoms with E-state index in [-0.39, 0.29) is 6.54 Å². The normalized spacial score (nSPS) is 10.6. The quantitative estimate of drug-likeness (QED) is 0.585. The van der Waals surface area contributed by atoms with E-state index < -0.39 is 6.43 Å². The van der Waals surface area contributed by atoms with E-state index in [0.29, 0.717) is 23.9 Å². The van der Waals surface area contributed by atoms with Crippen LogP contribution in [-0.4, -0.2) is 30.0 Å². The molecular formula is C9H15F2N5. The largest absolute Gasteiger partial charge is 0.354 e. The van der Waals surface area contributed by atoms with E-state index in [1.54, 1.807) is 7.05 Å². The van der Waals surface area contributed by atoms with E-state index in [1.165, 1.54) is 11.0 Å². The number of anilines is 2. The minimum absolute atomic E-state index is 0.371. The number of alkyl halides is 2. The lowest BCUT2D eigenvalue weighted by atomic mass is 10.4. The molecule has 0 amide bonds. The minimum Gasteiger partial charge on any atom is -0.354 e. The predicted octanol–water partition coefficient (Wildman–Crippen LogP) is 1.03. The number of nitrogens with zero attached hydrogens (tertiary/aromatic N) is 3.